The molecule has 0 atom stereocenters. The molecule has 0 fully saturated rings. The molecule has 120 valence electrons. The second-order valence-electron chi connectivity index (χ2n) is 6.92. The highest BCUT2D eigenvalue weighted by molar-refractivity contribution is 6.24. The zero-order chi connectivity index (χ0) is 16.9. The van der Waals surface area contributed by atoms with Gasteiger partial charge >= 0.3 is 0 Å². The molecule has 0 saturated carbocycles. The summed E-state index contributed by atoms with van der Waals surface area (Å²) in [7, 11) is 1.90. The number of hydrogen-bond donors (Lipinski definition) is 0. The van der Waals surface area contributed by atoms with Gasteiger partial charge in [-0.3, -0.25) is 4.79 Å². The molecule has 0 N–H and O–H groups in total. The molecule has 0 unspecified atom stereocenters. The van der Waals surface area contributed by atoms with Crippen molar-refractivity contribution < 1.29 is 9.53 Å². The van der Waals surface area contributed by atoms with Crippen molar-refractivity contribution in [2.45, 2.75) is 45.7 Å². The second kappa shape index (κ2) is 7.61. The summed E-state index contributed by atoms with van der Waals surface area (Å²) in [6.07, 6.45) is 0.526. The molecule has 2 nitrogen and oxygen atoms in total. The van der Waals surface area contributed by atoms with Crippen molar-refractivity contribution in [1.82, 2.24) is 0 Å². The van der Waals surface area contributed by atoms with Crippen LogP contribution in [-0.4, -0.2) is 13.6 Å². The van der Waals surface area contributed by atoms with E-state index in [2.05, 4.69) is 39.0 Å². The van der Waals surface area contributed by atoms with Crippen molar-refractivity contribution in [2.24, 2.45) is 0 Å². The molecule has 0 spiro atoms. The minimum Gasteiger partial charge on any atom is -0.372 e. The average Bonchev–Trinajstić information content (AvgIpc) is 2.54. The highest BCUT2D eigenvalue weighted by Gasteiger charge is 2.17. The van der Waals surface area contributed by atoms with Crippen LogP contribution in [-0.2, 0) is 23.4 Å². The van der Waals surface area contributed by atoms with Crippen LogP contribution in [0.25, 0.3) is 0 Å². The molecule has 0 saturated heterocycles. The van der Waals surface area contributed by atoms with Crippen LogP contribution in [0.1, 0.15) is 47.8 Å². The van der Waals surface area contributed by atoms with Gasteiger partial charge in [-0.05, 0) is 40.6 Å². The first-order chi connectivity index (χ1) is 10.9. The molecule has 0 aliphatic carbocycles. The predicted octanol–water partition coefficient (Wildman–Crippen LogP) is 3.94. The van der Waals surface area contributed by atoms with E-state index in [9.17, 15) is 4.79 Å². The summed E-state index contributed by atoms with van der Waals surface area (Å²) in [5.74, 6) is 0.181. The third-order valence-electron chi connectivity index (χ3n) is 3.88. The van der Waals surface area contributed by atoms with Crippen LogP contribution >= 0.6 is 0 Å². The number of hydrogen-bond acceptors (Lipinski definition) is 2. The highest BCUT2D eigenvalue weighted by Crippen LogP contribution is 2.25. The number of carbonyl (C=O) groups is 1. The fraction of sp³-hybridized carbons (Fsp3) is 0.350. The smallest absolute Gasteiger partial charge is 0.155 e. The Bertz CT molecular complexity index is 657. The van der Waals surface area contributed by atoms with Gasteiger partial charge in [-0.15, -0.1) is 0 Å². The first kappa shape index (κ1) is 17.5. The molecule has 2 aromatic carbocycles. The van der Waals surface area contributed by atoms with Gasteiger partial charge in [-0.25, -0.2) is 0 Å². The van der Waals surface area contributed by atoms with Crippen LogP contribution < -0.4 is 0 Å². The molecule has 0 aliphatic rings. The number of rotatable bonds is 6. The Morgan fingerprint density at radius 2 is 1.65 bits per heavy atom. The Kier molecular flexibility index (Phi) is 5.78. The van der Waals surface area contributed by atoms with E-state index >= 15 is 0 Å². The monoisotopic (exact) mass is 308 g/mol. The summed E-state index contributed by atoms with van der Waals surface area (Å²) < 4.78 is 5.83. The number of Topliss-reactive ketones (excluding diaryl/α,β-unsaturated/α-hetero) is 1. The normalized spacial score (nSPS) is 11.4. The molecule has 23 heavy (non-hydrogen) atoms. The van der Waals surface area contributed by atoms with Crippen LogP contribution in [0.3, 0.4) is 0 Å². The Morgan fingerprint density at radius 1 is 1.00 bits per heavy atom. The summed E-state index contributed by atoms with van der Waals surface area (Å²) in [6.45, 7) is 7.59. The van der Waals surface area contributed by atoms with Gasteiger partial charge in [0.1, 0.15) is 7.85 Å². The summed E-state index contributed by atoms with van der Waals surface area (Å²) in [5, 5.41) is 0. The van der Waals surface area contributed by atoms with E-state index < -0.39 is 0 Å². The molecule has 3 heteroatoms. The van der Waals surface area contributed by atoms with Gasteiger partial charge in [0.25, 0.3) is 0 Å². The van der Waals surface area contributed by atoms with E-state index in [-0.39, 0.29) is 11.2 Å². The molecule has 0 aliphatic heterocycles. The molecule has 0 amide bonds. The zero-order valence-corrected chi connectivity index (χ0v) is 14.6. The van der Waals surface area contributed by atoms with Crippen molar-refractivity contribution in [3.05, 3.63) is 70.8 Å². The van der Waals surface area contributed by atoms with Gasteiger partial charge in [0.2, 0.25) is 0 Å². The maximum Gasteiger partial charge on any atom is 0.155 e. The van der Waals surface area contributed by atoms with E-state index in [0.29, 0.717) is 19.5 Å². The molecule has 0 aromatic heterocycles. The average molecular weight is 308 g/mol. The predicted molar refractivity (Wildman–Crippen MR) is 97.8 cm³/mol. The van der Waals surface area contributed by atoms with Crippen molar-refractivity contribution in [3.8, 4) is 0 Å². The molecule has 0 radical (unpaired) electrons. The van der Waals surface area contributed by atoms with E-state index in [0.717, 1.165) is 16.7 Å². The fourth-order valence-corrected chi connectivity index (χ4v) is 2.43. The van der Waals surface area contributed by atoms with Crippen molar-refractivity contribution in [1.29, 1.82) is 0 Å². The molecular weight excluding hydrogens is 283 g/mol. The largest absolute Gasteiger partial charge is 0.372 e. The lowest BCUT2D eigenvalue weighted by Crippen LogP contribution is -2.13. The fourth-order valence-electron chi connectivity index (χ4n) is 2.43. The van der Waals surface area contributed by atoms with Gasteiger partial charge < -0.3 is 4.74 Å². The third-order valence-corrected chi connectivity index (χ3v) is 3.88. The first-order valence-corrected chi connectivity index (χ1v) is 8.19. The minimum atomic E-state index is 0.0121. The van der Waals surface area contributed by atoms with E-state index in [1.165, 1.54) is 5.56 Å². The van der Waals surface area contributed by atoms with E-state index in [1.54, 1.807) is 0 Å². The van der Waals surface area contributed by atoms with Gasteiger partial charge in [0, 0.05) is 5.56 Å². The van der Waals surface area contributed by atoms with Gasteiger partial charge in [-0.1, -0.05) is 57.2 Å². The number of carbonyl (C=O) groups excluding carboxylic acids is 1. The maximum atomic E-state index is 12.1. The Morgan fingerprint density at radius 3 is 2.26 bits per heavy atom. The van der Waals surface area contributed by atoms with Crippen LogP contribution in [0.15, 0.2) is 48.5 Å². The van der Waals surface area contributed by atoms with E-state index in [4.69, 9.17) is 4.74 Å². The highest BCUT2D eigenvalue weighted by atomic mass is 16.5. The van der Waals surface area contributed by atoms with Gasteiger partial charge in [-0.2, -0.15) is 0 Å². The lowest BCUT2D eigenvalue weighted by molar-refractivity contribution is 0.101. The third kappa shape index (κ3) is 5.07. The molecule has 0 heterocycles. The van der Waals surface area contributed by atoms with Gasteiger partial charge in [0.05, 0.1) is 13.2 Å². The summed E-state index contributed by atoms with van der Waals surface area (Å²) in [4.78, 5) is 12.1. The molecule has 2 aromatic rings. The lowest BCUT2D eigenvalue weighted by atomic mass is 9.83. The van der Waals surface area contributed by atoms with Crippen molar-refractivity contribution in [3.63, 3.8) is 0 Å². The number of ether oxygens (including phenoxy) is 1. The number of ketones is 1. The Hall–Kier alpha value is -1.87. The van der Waals surface area contributed by atoms with Gasteiger partial charge in [0.15, 0.2) is 5.78 Å². The molecule has 0 bridgehead atoms. The molecular formula is C20H25BO2. The van der Waals surface area contributed by atoms with Crippen LogP contribution in [0.5, 0.6) is 0 Å². The number of benzene rings is 2. The van der Waals surface area contributed by atoms with Crippen molar-refractivity contribution >= 4 is 13.6 Å². The maximum absolute atomic E-state index is 12.1. The standard InChI is InChI=1S/C20H25BO2/c1-20(2,3)18-10-16(9-17(11-18)19(22)12-21)14-23-13-15-7-5-4-6-8-15/h4-11H,12-14,21H2,1-3H3. The second-order valence-corrected chi connectivity index (χ2v) is 6.92. The summed E-state index contributed by atoms with van der Waals surface area (Å²) in [5.41, 5.74) is 4.20. The summed E-state index contributed by atoms with van der Waals surface area (Å²) in [6, 6.07) is 16.3. The first-order valence-electron chi connectivity index (χ1n) is 8.19. The van der Waals surface area contributed by atoms with E-state index in [1.807, 2.05) is 38.2 Å². The Balaban J connectivity index is 2.15. The summed E-state index contributed by atoms with van der Waals surface area (Å²) >= 11 is 0. The minimum absolute atomic E-state index is 0.0121. The zero-order valence-electron chi connectivity index (χ0n) is 14.6. The van der Waals surface area contributed by atoms with Crippen molar-refractivity contribution in [2.75, 3.05) is 0 Å². The SMILES string of the molecule is BCC(=O)c1cc(COCc2ccccc2)cc(C(C)(C)C)c1. The van der Waals surface area contributed by atoms with Crippen LogP contribution in [0, 0.1) is 0 Å². The Labute approximate surface area is 140 Å². The quantitative estimate of drug-likeness (QED) is 0.597. The van der Waals surface area contributed by atoms with Crippen LogP contribution in [0.4, 0.5) is 0 Å². The lowest BCUT2D eigenvalue weighted by Gasteiger charge is -2.21. The topological polar surface area (TPSA) is 26.3 Å². The van der Waals surface area contributed by atoms with Crippen LogP contribution in [0.2, 0.25) is 6.32 Å². The molecule has 2 rings (SSSR count).